The maximum atomic E-state index is 12.4. The first-order chi connectivity index (χ1) is 11.6. The van der Waals surface area contributed by atoms with Crippen LogP contribution in [0, 0.1) is 0 Å². The van der Waals surface area contributed by atoms with Gasteiger partial charge in [-0.05, 0) is 24.6 Å². The maximum Gasteiger partial charge on any atom is 0.232 e. The minimum absolute atomic E-state index is 0.00720. The molecule has 1 atom stereocenters. The highest BCUT2D eigenvalue weighted by atomic mass is 32.2. The number of nitrogens with zero attached hydrogens (tertiary/aromatic N) is 2. The van der Waals surface area contributed by atoms with Crippen molar-refractivity contribution in [3.05, 3.63) is 65.2 Å². The number of thiazole rings is 1. The number of aromatic nitrogens is 1. The summed E-state index contributed by atoms with van der Waals surface area (Å²) in [5.41, 5.74) is 2.25. The van der Waals surface area contributed by atoms with Crippen LogP contribution in [0.4, 0.5) is 0 Å². The van der Waals surface area contributed by atoms with Gasteiger partial charge in [-0.2, -0.15) is 0 Å². The molecule has 3 rings (SSSR count). The van der Waals surface area contributed by atoms with Crippen molar-refractivity contribution in [3.63, 3.8) is 0 Å². The van der Waals surface area contributed by atoms with E-state index in [0.29, 0.717) is 5.75 Å². The Labute approximate surface area is 150 Å². The second kappa shape index (κ2) is 7.81. The third kappa shape index (κ3) is 3.97. The number of carbonyl (C=O) groups excluding carboxylic acids is 1. The van der Waals surface area contributed by atoms with Crippen molar-refractivity contribution < 1.29 is 4.79 Å². The van der Waals surface area contributed by atoms with Crippen LogP contribution in [0.15, 0.2) is 54.6 Å². The van der Waals surface area contributed by atoms with Crippen LogP contribution in [0.2, 0.25) is 0 Å². The Bertz CT molecular complexity index is 783. The summed E-state index contributed by atoms with van der Waals surface area (Å²) in [7, 11) is 1.86. The molecule has 1 aromatic heterocycles. The highest BCUT2D eigenvalue weighted by molar-refractivity contribution is 7.99. The lowest BCUT2D eigenvalue weighted by molar-refractivity contribution is -0.128. The number of fused-ring (bicyclic) bond motifs is 1. The lowest BCUT2D eigenvalue weighted by atomic mass is 10.2. The van der Waals surface area contributed by atoms with Crippen LogP contribution in [0.25, 0.3) is 10.2 Å². The van der Waals surface area contributed by atoms with Gasteiger partial charge in [-0.25, -0.2) is 4.98 Å². The lowest BCUT2D eigenvalue weighted by Gasteiger charge is -2.23. The first-order valence-electron chi connectivity index (χ1n) is 7.88. The van der Waals surface area contributed by atoms with E-state index >= 15 is 0 Å². The molecule has 0 fully saturated rings. The van der Waals surface area contributed by atoms with Crippen LogP contribution in [0.3, 0.4) is 0 Å². The van der Waals surface area contributed by atoms with E-state index in [1.807, 2.05) is 50.4 Å². The Hall–Kier alpha value is -1.85. The highest BCUT2D eigenvalue weighted by Gasteiger charge is 2.20. The lowest BCUT2D eigenvalue weighted by Crippen LogP contribution is -2.31. The van der Waals surface area contributed by atoms with E-state index in [4.69, 9.17) is 0 Å². The Kier molecular flexibility index (Phi) is 5.53. The van der Waals surface area contributed by atoms with Gasteiger partial charge in [0.25, 0.3) is 0 Å². The zero-order chi connectivity index (χ0) is 16.9. The Morgan fingerprint density at radius 2 is 1.88 bits per heavy atom. The molecule has 1 heterocycles. The number of amides is 1. The molecule has 0 radical (unpaired) electrons. The first-order valence-corrected chi connectivity index (χ1v) is 9.85. The van der Waals surface area contributed by atoms with Gasteiger partial charge < -0.3 is 4.90 Å². The molecule has 0 aliphatic rings. The second-order valence-corrected chi connectivity index (χ2v) is 7.73. The van der Waals surface area contributed by atoms with Crippen LogP contribution in [0.5, 0.6) is 0 Å². The molecule has 0 saturated heterocycles. The number of benzene rings is 2. The van der Waals surface area contributed by atoms with Gasteiger partial charge in [0.2, 0.25) is 5.91 Å². The molecular formula is C19H20N2OS2. The van der Waals surface area contributed by atoms with E-state index in [1.54, 1.807) is 28.0 Å². The third-order valence-electron chi connectivity index (χ3n) is 3.98. The molecule has 5 heteroatoms. The van der Waals surface area contributed by atoms with Crippen LogP contribution in [-0.4, -0.2) is 28.6 Å². The van der Waals surface area contributed by atoms with Crippen molar-refractivity contribution in [2.45, 2.75) is 18.7 Å². The molecule has 0 unspecified atom stereocenters. The predicted octanol–water partition coefficient (Wildman–Crippen LogP) is 4.75. The molecule has 1 amide bonds. The van der Waals surface area contributed by atoms with Gasteiger partial charge >= 0.3 is 0 Å². The zero-order valence-corrected chi connectivity index (χ0v) is 15.4. The third-order valence-corrected chi connectivity index (χ3v) is 6.17. The SMILES string of the molecule is C[C@@H](c1nc2ccccc2s1)N(C)C(=O)CSCc1ccccc1. The van der Waals surface area contributed by atoms with Crippen LogP contribution in [0.1, 0.15) is 23.5 Å². The number of rotatable bonds is 6. The van der Waals surface area contributed by atoms with Crippen molar-refractivity contribution in [2.75, 3.05) is 12.8 Å². The summed E-state index contributed by atoms with van der Waals surface area (Å²) in [5, 5.41) is 0.986. The van der Waals surface area contributed by atoms with E-state index in [-0.39, 0.29) is 11.9 Å². The van der Waals surface area contributed by atoms with Gasteiger partial charge in [-0.1, -0.05) is 42.5 Å². The molecule has 0 bridgehead atoms. The molecule has 0 N–H and O–H groups in total. The summed E-state index contributed by atoms with van der Waals surface area (Å²) in [6.07, 6.45) is 0. The summed E-state index contributed by atoms with van der Waals surface area (Å²) >= 11 is 3.31. The van der Waals surface area contributed by atoms with Crippen molar-refractivity contribution >= 4 is 39.2 Å². The normalized spacial score (nSPS) is 12.2. The Morgan fingerprint density at radius 3 is 2.62 bits per heavy atom. The number of para-hydroxylation sites is 1. The standard InChI is InChI=1S/C19H20N2OS2/c1-14(19-20-16-10-6-7-11-17(16)24-19)21(2)18(22)13-23-12-15-8-4-3-5-9-15/h3-11,14H,12-13H2,1-2H3/t14-/m0/s1. The number of carbonyl (C=O) groups is 1. The largest absolute Gasteiger partial charge is 0.336 e. The average Bonchev–Trinajstić information content (AvgIpc) is 3.05. The molecule has 0 aliphatic carbocycles. The van der Waals surface area contributed by atoms with Crippen LogP contribution in [-0.2, 0) is 10.5 Å². The molecular weight excluding hydrogens is 336 g/mol. The molecule has 0 aliphatic heterocycles. The summed E-state index contributed by atoms with van der Waals surface area (Å²) in [6, 6.07) is 18.3. The number of hydrogen-bond acceptors (Lipinski definition) is 4. The smallest absolute Gasteiger partial charge is 0.232 e. The van der Waals surface area contributed by atoms with Crippen molar-refractivity contribution in [1.82, 2.24) is 9.88 Å². The monoisotopic (exact) mass is 356 g/mol. The Balaban J connectivity index is 1.58. The van der Waals surface area contributed by atoms with E-state index < -0.39 is 0 Å². The van der Waals surface area contributed by atoms with E-state index in [2.05, 4.69) is 23.2 Å². The summed E-state index contributed by atoms with van der Waals surface area (Å²) in [6.45, 7) is 2.04. The van der Waals surface area contributed by atoms with Gasteiger partial charge in [0.05, 0.1) is 22.0 Å². The van der Waals surface area contributed by atoms with Crippen LogP contribution >= 0.6 is 23.1 Å². The maximum absolute atomic E-state index is 12.4. The van der Waals surface area contributed by atoms with E-state index in [0.717, 1.165) is 16.3 Å². The van der Waals surface area contributed by atoms with E-state index in [1.165, 1.54) is 10.3 Å². The van der Waals surface area contributed by atoms with Crippen molar-refractivity contribution in [3.8, 4) is 0 Å². The van der Waals surface area contributed by atoms with Gasteiger partial charge in [0.1, 0.15) is 5.01 Å². The molecule has 0 spiro atoms. The van der Waals surface area contributed by atoms with Crippen molar-refractivity contribution in [1.29, 1.82) is 0 Å². The quantitative estimate of drug-likeness (QED) is 0.639. The van der Waals surface area contributed by atoms with Gasteiger partial charge in [0.15, 0.2) is 0 Å². The van der Waals surface area contributed by atoms with Crippen molar-refractivity contribution in [2.24, 2.45) is 0 Å². The summed E-state index contributed by atoms with van der Waals surface area (Å²) in [4.78, 5) is 18.9. The minimum atomic E-state index is -0.00720. The topological polar surface area (TPSA) is 33.2 Å². The zero-order valence-electron chi connectivity index (χ0n) is 13.8. The van der Waals surface area contributed by atoms with E-state index in [9.17, 15) is 4.79 Å². The fourth-order valence-corrected chi connectivity index (χ4v) is 4.35. The highest BCUT2D eigenvalue weighted by Crippen LogP contribution is 2.29. The first kappa shape index (κ1) is 17.0. The summed E-state index contributed by atoms with van der Waals surface area (Å²) < 4.78 is 1.17. The fourth-order valence-electron chi connectivity index (χ4n) is 2.38. The average molecular weight is 357 g/mol. The second-order valence-electron chi connectivity index (χ2n) is 5.68. The molecule has 2 aromatic carbocycles. The molecule has 0 saturated carbocycles. The van der Waals surface area contributed by atoms with Crippen LogP contribution < -0.4 is 0 Å². The number of hydrogen-bond donors (Lipinski definition) is 0. The Morgan fingerprint density at radius 1 is 1.17 bits per heavy atom. The predicted molar refractivity (Wildman–Crippen MR) is 103 cm³/mol. The van der Waals surface area contributed by atoms with Gasteiger partial charge in [-0.3, -0.25) is 4.79 Å². The molecule has 24 heavy (non-hydrogen) atoms. The molecule has 124 valence electrons. The number of thioether (sulfide) groups is 1. The fraction of sp³-hybridized carbons (Fsp3) is 0.263. The molecule has 3 nitrogen and oxygen atoms in total. The molecule has 3 aromatic rings. The summed E-state index contributed by atoms with van der Waals surface area (Å²) in [5.74, 6) is 1.49. The minimum Gasteiger partial charge on any atom is -0.336 e. The van der Waals surface area contributed by atoms with Gasteiger partial charge in [0, 0.05) is 12.8 Å². The van der Waals surface area contributed by atoms with Gasteiger partial charge in [-0.15, -0.1) is 23.1 Å².